The number of aromatic amines is 1. The van der Waals surface area contributed by atoms with Gasteiger partial charge in [-0.1, -0.05) is 15.9 Å². The van der Waals surface area contributed by atoms with Crippen LogP contribution < -0.4 is 0 Å². The van der Waals surface area contributed by atoms with Crippen LogP contribution in [-0.4, -0.2) is 39.8 Å². The van der Waals surface area contributed by atoms with Crippen molar-refractivity contribution in [3.63, 3.8) is 0 Å². The van der Waals surface area contributed by atoms with Crippen LogP contribution in [0.25, 0.3) is 10.9 Å². The van der Waals surface area contributed by atoms with Gasteiger partial charge in [-0.15, -0.1) is 0 Å². The van der Waals surface area contributed by atoms with Crippen molar-refractivity contribution in [2.45, 2.75) is 23.0 Å². The summed E-state index contributed by atoms with van der Waals surface area (Å²) in [6, 6.07) is 6.07. The SMILES string of the molecule is CN1CCC([S+]([O-])c2c[nH]c3ccc(Br)cc23)CC1. The topological polar surface area (TPSA) is 42.1 Å². The summed E-state index contributed by atoms with van der Waals surface area (Å²) in [6.07, 6.45) is 3.94. The quantitative estimate of drug-likeness (QED) is 0.853. The molecule has 102 valence electrons. The van der Waals surface area contributed by atoms with Crippen molar-refractivity contribution in [2.75, 3.05) is 20.1 Å². The van der Waals surface area contributed by atoms with Crippen LogP contribution in [0.3, 0.4) is 0 Å². The van der Waals surface area contributed by atoms with Crippen LogP contribution in [0.5, 0.6) is 0 Å². The van der Waals surface area contributed by atoms with Gasteiger partial charge in [0.15, 0.2) is 4.90 Å². The highest BCUT2D eigenvalue weighted by atomic mass is 79.9. The molecule has 1 atom stereocenters. The number of aromatic nitrogens is 1. The fourth-order valence-corrected chi connectivity index (χ4v) is 4.53. The lowest BCUT2D eigenvalue weighted by Gasteiger charge is -2.29. The van der Waals surface area contributed by atoms with E-state index in [1.807, 2.05) is 24.4 Å². The average molecular weight is 341 g/mol. The van der Waals surface area contributed by atoms with E-state index in [0.717, 1.165) is 46.2 Å². The van der Waals surface area contributed by atoms with E-state index >= 15 is 0 Å². The van der Waals surface area contributed by atoms with Crippen LogP contribution in [0, 0.1) is 0 Å². The van der Waals surface area contributed by atoms with Gasteiger partial charge in [0, 0.05) is 30.4 Å². The van der Waals surface area contributed by atoms with Crippen molar-refractivity contribution in [2.24, 2.45) is 0 Å². The van der Waals surface area contributed by atoms with Crippen molar-refractivity contribution in [1.29, 1.82) is 0 Å². The Labute approximate surface area is 124 Å². The van der Waals surface area contributed by atoms with Gasteiger partial charge in [0.2, 0.25) is 0 Å². The minimum Gasteiger partial charge on any atom is -0.611 e. The number of H-pyrrole nitrogens is 1. The van der Waals surface area contributed by atoms with Crippen molar-refractivity contribution in [3.05, 3.63) is 28.9 Å². The number of rotatable bonds is 2. The zero-order valence-electron chi connectivity index (χ0n) is 10.9. The molecule has 1 N–H and O–H groups in total. The predicted octanol–water partition coefficient (Wildman–Crippen LogP) is 3.13. The van der Waals surface area contributed by atoms with Gasteiger partial charge in [-0.2, -0.15) is 0 Å². The first-order chi connectivity index (χ1) is 9.15. The summed E-state index contributed by atoms with van der Waals surface area (Å²) < 4.78 is 13.8. The van der Waals surface area contributed by atoms with Gasteiger partial charge < -0.3 is 14.4 Å². The lowest BCUT2D eigenvalue weighted by molar-refractivity contribution is 0.278. The number of benzene rings is 1. The van der Waals surface area contributed by atoms with Crippen molar-refractivity contribution in [3.8, 4) is 0 Å². The molecule has 2 aromatic rings. The third-order valence-corrected chi connectivity index (χ3v) is 6.13. The summed E-state index contributed by atoms with van der Waals surface area (Å²) in [6.45, 7) is 2.09. The molecule has 1 aliphatic rings. The van der Waals surface area contributed by atoms with E-state index in [1.165, 1.54) is 0 Å². The summed E-state index contributed by atoms with van der Waals surface area (Å²) >= 11 is 2.57. The number of hydrogen-bond acceptors (Lipinski definition) is 2. The molecule has 1 aromatic carbocycles. The van der Waals surface area contributed by atoms with Crippen LogP contribution in [0.1, 0.15) is 12.8 Å². The Morgan fingerprint density at radius 3 is 2.84 bits per heavy atom. The summed E-state index contributed by atoms with van der Waals surface area (Å²) in [5.74, 6) is 0. The lowest BCUT2D eigenvalue weighted by atomic mass is 10.1. The second kappa shape index (κ2) is 5.48. The molecule has 0 saturated carbocycles. The summed E-state index contributed by atoms with van der Waals surface area (Å²) in [7, 11) is 2.13. The number of halogens is 1. The van der Waals surface area contributed by atoms with Gasteiger partial charge in [0.1, 0.15) is 5.25 Å². The van der Waals surface area contributed by atoms with Gasteiger partial charge >= 0.3 is 0 Å². The van der Waals surface area contributed by atoms with Crippen LogP contribution in [0.15, 0.2) is 33.8 Å². The molecular formula is C14H17BrN2OS. The second-order valence-electron chi connectivity index (χ2n) is 5.14. The molecule has 0 bridgehead atoms. The first-order valence-corrected chi connectivity index (χ1v) is 8.51. The normalized spacial score (nSPS) is 19.9. The standard InChI is InChI=1S/C14H17BrN2OS/c1-17-6-4-11(5-7-17)19(18)14-9-16-13-3-2-10(15)8-12(13)14/h2-3,8-9,11,16H,4-7H2,1H3. The third kappa shape index (κ3) is 2.70. The van der Waals surface area contributed by atoms with Gasteiger partial charge in [-0.05, 0) is 36.4 Å². The molecule has 2 heterocycles. The number of piperidine rings is 1. The first kappa shape index (κ1) is 13.5. The molecule has 1 saturated heterocycles. The molecule has 0 radical (unpaired) electrons. The zero-order valence-corrected chi connectivity index (χ0v) is 13.3. The molecule has 1 aromatic heterocycles. The van der Waals surface area contributed by atoms with E-state index in [-0.39, 0.29) is 5.25 Å². The molecule has 0 spiro atoms. The predicted molar refractivity (Wildman–Crippen MR) is 82.9 cm³/mol. The minimum absolute atomic E-state index is 0.286. The van der Waals surface area contributed by atoms with Crippen LogP contribution in [0.4, 0.5) is 0 Å². The molecule has 19 heavy (non-hydrogen) atoms. The van der Waals surface area contributed by atoms with E-state index in [9.17, 15) is 4.55 Å². The smallest absolute Gasteiger partial charge is 0.178 e. The van der Waals surface area contributed by atoms with Gasteiger partial charge in [-0.25, -0.2) is 0 Å². The Morgan fingerprint density at radius 2 is 2.11 bits per heavy atom. The highest BCUT2D eigenvalue weighted by molar-refractivity contribution is 9.10. The average Bonchev–Trinajstić information content (AvgIpc) is 2.81. The van der Waals surface area contributed by atoms with Crippen molar-refractivity contribution >= 4 is 38.0 Å². The van der Waals surface area contributed by atoms with Crippen molar-refractivity contribution < 1.29 is 4.55 Å². The third-order valence-electron chi connectivity index (χ3n) is 3.79. The molecular weight excluding hydrogens is 324 g/mol. The largest absolute Gasteiger partial charge is 0.611 e. The Kier molecular flexibility index (Phi) is 3.89. The maximum atomic E-state index is 12.8. The zero-order chi connectivity index (χ0) is 13.4. The van der Waals surface area contributed by atoms with E-state index in [1.54, 1.807) is 0 Å². The fraction of sp³-hybridized carbons (Fsp3) is 0.429. The van der Waals surface area contributed by atoms with Crippen LogP contribution in [-0.2, 0) is 11.2 Å². The summed E-state index contributed by atoms with van der Waals surface area (Å²) in [5, 5.41) is 1.36. The maximum Gasteiger partial charge on any atom is 0.178 e. The van der Waals surface area contributed by atoms with Crippen molar-refractivity contribution in [1.82, 2.24) is 9.88 Å². The first-order valence-electron chi connectivity index (χ1n) is 6.51. The molecule has 1 aliphatic heterocycles. The Bertz CT molecular complexity index is 578. The second-order valence-corrected chi connectivity index (χ2v) is 7.76. The number of nitrogens with zero attached hydrogens (tertiary/aromatic N) is 1. The van der Waals surface area contributed by atoms with E-state index in [2.05, 4.69) is 32.9 Å². The molecule has 1 unspecified atom stereocenters. The molecule has 0 amide bonds. The lowest BCUT2D eigenvalue weighted by Crippen LogP contribution is -2.37. The molecule has 0 aliphatic carbocycles. The fourth-order valence-electron chi connectivity index (χ4n) is 2.61. The van der Waals surface area contributed by atoms with E-state index in [0.29, 0.717) is 0 Å². The van der Waals surface area contributed by atoms with Gasteiger partial charge in [0.05, 0.1) is 17.1 Å². The highest BCUT2D eigenvalue weighted by Gasteiger charge is 2.30. The number of hydrogen-bond donors (Lipinski definition) is 1. The molecule has 3 rings (SSSR count). The number of nitrogens with one attached hydrogen (secondary N) is 1. The number of likely N-dealkylation sites (tertiary alicyclic amines) is 1. The molecule has 5 heteroatoms. The van der Waals surface area contributed by atoms with Crippen LogP contribution in [0.2, 0.25) is 0 Å². The molecule has 3 nitrogen and oxygen atoms in total. The Morgan fingerprint density at radius 1 is 1.37 bits per heavy atom. The molecule has 1 fully saturated rings. The van der Waals surface area contributed by atoms with E-state index in [4.69, 9.17) is 0 Å². The maximum absolute atomic E-state index is 12.8. The van der Waals surface area contributed by atoms with E-state index < -0.39 is 11.2 Å². The Balaban J connectivity index is 1.89. The Hall–Kier alpha value is -0.490. The summed E-state index contributed by atoms with van der Waals surface area (Å²) in [5.41, 5.74) is 1.06. The highest BCUT2D eigenvalue weighted by Crippen LogP contribution is 2.31. The summed E-state index contributed by atoms with van der Waals surface area (Å²) in [4.78, 5) is 6.47. The van der Waals surface area contributed by atoms with Gasteiger partial charge in [-0.3, -0.25) is 0 Å². The monoisotopic (exact) mass is 340 g/mol. The van der Waals surface area contributed by atoms with Crippen LogP contribution >= 0.6 is 15.9 Å². The number of fused-ring (bicyclic) bond motifs is 1. The van der Waals surface area contributed by atoms with Gasteiger partial charge in [0.25, 0.3) is 0 Å². The minimum atomic E-state index is -0.915.